The van der Waals surface area contributed by atoms with Crippen molar-refractivity contribution in [2.75, 3.05) is 24.6 Å². The topological polar surface area (TPSA) is 36.4 Å². The predicted molar refractivity (Wildman–Crippen MR) is 63.1 cm³/mol. The zero-order chi connectivity index (χ0) is 10.9. The van der Waals surface area contributed by atoms with Crippen LogP contribution in [0.1, 0.15) is 26.2 Å². The van der Waals surface area contributed by atoms with Crippen molar-refractivity contribution in [1.29, 1.82) is 0 Å². The standard InChI is InChI=1S/C12H20N2O/c1-2-3-9-14(10-6-11-15)12-7-4-5-8-13-12/h4-5,7-8,15H,2-3,6,9-11H2,1H3. The largest absolute Gasteiger partial charge is 0.396 e. The third-order valence-electron chi connectivity index (χ3n) is 2.34. The third kappa shape index (κ3) is 4.30. The van der Waals surface area contributed by atoms with Gasteiger partial charge in [-0.2, -0.15) is 0 Å². The molecule has 0 atom stereocenters. The molecule has 0 fully saturated rings. The number of aliphatic hydroxyl groups is 1. The van der Waals surface area contributed by atoms with E-state index in [2.05, 4.69) is 16.8 Å². The Hall–Kier alpha value is -1.09. The van der Waals surface area contributed by atoms with E-state index in [4.69, 9.17) is 5.11 Å². The smallest absolute Gasteiger partial charge is 0.128 e. The SMILES string of the molecule is CCCCN(CCCO)c1ccccn1. The van der Waals surface area contributed by atoms with Crippen LogP contribution in [-0.2, 0) is 0 Å². The average molecular weight is 208 g/mol. The van der Waals surface area contributed by atoms with Gasteiger partial charge in [0, 0.05) is 25.9 Å². The van der Waals surface area contributed by atoms with Crippen molar-refractivity contribution in [3.05, 3.63) is 24.4 Å². The second kappa shape index (κ2) is 7.23. The number of aromatic nitrogens is 1. The average Bonchev–Trinajstić information content (AvgIpc) is 2.30. The van der Waals surface area contributed by atoms with E-state index in [1.54, 1.807) is 0 Å². The first-order valence-electron chi connectivity index (χ1n) is 5.65. The molecule has 0 saturated carbocycles. The molecule has 1 aromatic rings. The first-order valence-corrected chi connectivity index (χ1v) is 5.65. The van der Waals surface area contributed by atoms with Gasteiger partial charge in [-0.3, -0.25) is 0 Å². The Labute approximate surface area is 91.8 Å². The molecule has 15 heavy (non-hydrogen) atoms. The van der Waals surface area contributed by atoms with E-state index in [-0.39, 0.29) is 6.61 Å². The molecule has 0 aliphatic carbocycles. The quantitative estimate of drug-likeness (QED) is 0.745. The Bertz CT molecular complexity index is 243. The number of aliphatic hydroxyl groups excluding tert-OH is 1. The van der Waals surface area contributed by atoms with Crippen LogP contribution in [0.15, 0.2) is 24.4 Å². The number of nitrogens with zero attached hydrogens (tertiary/aromatic N) is 2. The van der Waals surface area contributed by atoms with Crippen LogP contribution in [-0.4, -0.2) is 29.8 Å². The molecule has 3 nitrogen and oxygen atoms in total. The fraction of sp³-hybridized carbons (Fsp3) is 0.583. The maximum Gasteiger partial charge on any atom is 0.128 e. The highest BCUT2D eigenvalue weighted by atomic mass is 16.3. The normalized spacial score (nSPS) is 10.3. The summed E-state index contributed by atoms with van der Waals surface area (Å²) in [5.74, 6) is 1.01. The molecule has 0 amide bonds. The molecule has 0 radical (unpaired) electrons. The monoisotopic (exact) mass is 208 g/mol. The number of rotatable bonds is 7. The van der Waals surface area contributed by atoms with Crippen molar-refractivity contribution in [3.8, 4) is 0 Å². The zero-order valence-corrected chi connectivity index (χ0v) is 9.39. The van der Waals surface area contributed by atoms with Crippen LogP contribution in [0.3, 0.4) is 0 Å². The lowest BCUT2D eigenvalue weighted by molar-refractivity contribution is 0.289. The van der Waals surface area contributed by atoms with Crippen LogP contribution < -0.4 is 4.90 Å². The molecule has 0 aliphatic rings. The van der Waals surface area contributed by atoms with Crippen molar-refractivity contribution in [1.82, 2.24) is 4.98 Å². The van der Waals surface area contributed by atoms with Gasteiger partial charge in [-0.1, -0.05) is 19.4 Å². The lowest BCUT2D eigenvalue weighted by Crippen LogP contribution is -2.27. The summed E-state index contributed by atoms with van der Waals surface area (Å²) in [6, 6.07) is 5.95. The van der Waals surface area contributed by atoms with Crippen molar-refractivity contribution in [3.63, 3.8) is 0 Å². The Morgan fingerprint density at radius 1 is 1.27 bits per heavy atom. The maximum atomic E-state index is 8.84. The van der Waals surface area contributed by atoms with Gasteiger partial charge in [-0.25, -0.2) is 4.98 Å². The molecule has 0 bridgehead atoms. The second-order valence-corrected chi connectivity index (χ2v) is 3.61. The number of pyridine rings is 1. The number of hydrogen-bond donors (Lipinski definition) is 1. The Morgan fingerprint density at radius 2 is 2.07 bits per heavy atom. The predicted octanol–water partition coefficient (Wildman–Crippen LogP) is 2.07. The van der Waals surface area contributed by atoms with Crippen molar-refractivity contribution in [2.24, 2.45) is 0 Å². The summed E-state index contributed by atoms with van der Waals surface area (Å²) in [6.45, 7) is 4.33. The number of hydrogen-bond acceptors (Lipinski definition) is 3. The minimum absolute atomic E-state index is 0.245. The van der Waals surface area contributed by atoms with Gasteiger partial charge in [-0.05, 0) is 25.0 Å². The van der Waals surface area contributed by atoms with Crippen LogP contribution in [0.25, 0.3) is 0 Å². The zero-order valence-electron chi connectivity index (χ0n) is 9.39. The molecule has 0 spiro atoms. The van der Waals surface area contributed by atoms with E-state index >= 15 is 0 Å². The molecule has 0 saturated heterocycles. The van der Waals surface area contributed by atoms with Crippen LogP contribution in [0.5, 0.6) is 0 Å². The summed E-state index contributed by atoms with van der Waals surface area (Å²) in [7, 11) is 0. The molecule has 1 N–H and O–H groups in total. The van der Waals surface area contributed by atoms with E-state index in [1.807, 2.05) is 24.4 Å². The summed E-state index contributed by atoms with van der Waals surface area (Å²) in [5.41, 5.74) is 0. The van der Waals surface area contributed by atoms with Gasteiger partial charge in [0.25, 0.3) is 0 Å². The van der Waals surface area contributed by atoms with E-state index in [9.17, 15) is 0 Å². The molecule has 1 heterocycles. The molecular weight excluding hydrogens is 188 g/mol. The first kappa shape index (κ1) is 12.0. The highest BCUT2D eigenvalue weighted by Crippen LogP contribution is 2.10. The van der Waals surface area contributed by atoms with Crippen molar-refractivity contribution >= 4 is 5.82 Å². The van der Waals surface area contributed by atoms with Crippen molar-refractivity contribution in [2.45, 2.75) is 26.2 Å². The van der Waals surface area contributed by atoms with Gasteiger partial charge in [0.2, 0.25) is 0 Å². The summed E-state index contributed by atoms with van der Waals surface area (Å²) in [4.78, 5) is 6.57. The van der Waals surface area contributed by atoms with Gasteiger partial charge in [-0.15, -0.1) is 0 Å². The van der Waals surface area contributed by atoms with Gasteiger partial charge >= 0.3 is 0 Å². The lowest BCUT2D eigenvalue weighted by atomic mass is 10.3. The van der Waals surface area contributed by atoms with E-state index in [0.717, 1.165) is 25.3 Å². The summed E-state index contributed by atoms with van der Waals surface area (Å²) in [5, 5.41) is 8.84. The summed E-state index contributed by atoms with van der Waals surface area (Å²) >= 11 is 0. The Kier molecular flexibility index (Phi) is 5.78. The Morgan fingerprint density at radius 3 is 2.67 bits per heavy atom. The fourth-order valence-corrected chi connectivity index (χ4v) is 1.49. The van der Waals surface area contributed by atoms with Gasteiger partial charge in [0.15, 0.2) is 0 Å². The van der Waals surface area contributed by atoms with E-state index in [1.165, 1.54) is 12.8 Å². The van der Waals surface area contributed by atoms with Crippen molar-refractivity contribution < 1.29 is 5.11 Å². The minimum Gasteiger partial charge on any atom is -0.396 e. The first-order chi connectivity index (χ1) is 7.38. The third-order valence-corrected chi connectivity index (χ3v) is 2.34. The molecular formula is C12H20N2O. The van der Waals surface area contributed by atoms with Crippen LogP contribution in [0.2, 0.25) is 0 Å². The summed E-state index contributed by atoms with van der Waals surface area (Å²) in [6.07, 6.45) is 4.97. The van der Waals surface area contributed by atoms with Crippen LogP contribution >= 0.6 is 0 Å². The van der Waals surface area contributed by atoms with Crippen LogP contribution in [0, 0.1) is 0 Å². The van der Waals surface area contributed by atoms with E-state index < -0.39 is 0 Å². The van der Waals surface area contributed by atoms with Gasteiger partial charge < -0.3 is 10.0 Å². The highest BCUT2D eigenvalue weighted by Gasteiger charge is 2.05. The fourth-order valence-electron chi connectivity index (χ4n) is 1.49. The van der Waals surface area contributed by atoms with Gasteiger partial charge in [0.05, 0.1) is 0 Å². The molecule has 3 heteroatoms. The summed E-state index contributed by atoms with van der Waals surface area (Å²) < 4.78 is 0. The maximum absolute atomic E-state index is 8.84. The molecule has 1 aromatic heterocycles. The van der Waals surface area contributed by atoms with Crippen LogP contribution in [0.4, 0.5) is 5.82 Å². The Balaban J connectivity index is 2.55. The molecule has 1 rings (SSSR count). The lowest BCUT2D eigenvalue weighted by Gasteiger charge is -2.23. The number of unbranched alkanes of at least 4 members (excludes halogenated alkanes) is 1. The second-order valence-electron chi connectivity index (χ2n) is 3.61. The molecule has 0 aliphatic heterocycles. The van der Waals surface area contributed by atoms with Gasteiger partial charge in [0.1, 0.15) is 5.82 Å². The minimum atomic E-state index is 0.245. The number of anilines is 1. The molecule has 84 valence electrons. The molecule has 0 aromatic carbocycles. The molecule has 0 unspecified atom stereocenters. The highest BCUT2D eigenvalue weighted by molar-refractivity contribution is 5.37. The van der Waals surface area contributed by atoms with E-state index in [0.29, 0.717) is 0 Å².